The molecule has 2 N–H and O–H groups in total. The average molecular weight is 335 g/mol. The average Bonchev–Trinajstić information content (AvgIpc) is 3.00. The number of pyridine rings is 1. The van der Waals surface area contributed by atoms with E-state index in [-0.39, 0.29) is 16.5 Å². The number of hydrogen-bond acceptors (Lipinski definition) is 4. The first-order valence-electron chi connectivity index (χ1n) is 7.86. The van der Waals surface area contributed by atoms with Gasteiger partial charge in [0.15, 0.2) is 0 Å². The third-order valence-electron chi connectivity index (χ3n) is 4.42. The molecule has 0 radical (unpaired) electrons. The van der Waals surface area contributed by atoms with E-state index in [0.717, 1.165) is 25.9 Å². The highest BCUT2D eigenvalue weighted by molar-refractivity contribution is 7.89. The molecule has 1 aliphatic rings. The Morgan fingerprint density at radius 1 is 1.30 bits per heavy atom. The molecule has 124 valence electrons. The third-order valence-corrected chi connectivity index (χ3v) is 5.84. The molecule has 0 aliphatic carbocycles. The smallest absolute Gasteiger partial charge is 0.248 e. The topological polar surface area (TPSA) is 82.3 Å². The molecular formula is C16H21N3O3S. The number of H-pyrrole nitrogens is 1. The van der Waals surface area contributed by atoms with Gasteiger partial charge in [0.05, 0.1) is 4.90 Å². The lowest BCUT2D eigenvalue weighted by Gasteiger charge is -2.22. The maximum Gasteiger partial charge on any atom is 0.248 e. The van der Waals surface area contributed by atoms with Crippen LogP contribution in [0, 0.1) is 0 Å². The largest absolute Gasteiger partial charge is 0.322 e. The van der Waals surface area contributed by atoms with Gasteiger partial charge in [0.2, 0.25) is 15.6 Å². The first-order valence-corrected chi connectivity index (χ1v) is 9.35. The predicted molar refractivity (Wildman–Crippen MR) is 90.0 cm³/mol. The quantitative estimate of drug-likeness (QED) is 0.863. The van der Waals surface area contributed by atoms with E-state index < -0.39 is 10.0 Å². The van der Waals surface area contributed by atoms with Crippen molar-refractivity contribution in [2.24, 2.45) is 0 Å². The molecule has 0 amide bonds. The molecule has 1 fully saturated rings. The highest BCUT2D eigenvalue weighted by Crippen LogP contribution is 2.19. The van der Waals surface area contributed by atoms with Crippen molar-refractivity contribution < 1.29 is 8.42 Å². The number of benzene rings is 1. The molecule has 1 atom stereocenters. The fourth-order valence-corrected chi connectivity index (χ4v) is 4.24. The number of aromatic amines is 1. The first-order chi connectivity index (χ1) is 11.0. The Bertz CT molecular complexity index is 860. The summed E-state index contributed by atoms with van der Waals surface area (Å²) in [6.07, 6.45) is 2.14. The Kier molecular flexibility index (Phi) is 4.52. The van der Waals surface area contributed by atoms with Gasteiger partial charge in [-0.05, 0) is 55.6 Å². The molecule has 1 aromatic carbocycles. The highest BCUT2D eigenvalue weighted by Gasteiger charge is 2.25. The molecule has 2 aromatic rings. The first kappa shape index (κ1) is 16.2. The van der Waals surface area contributed by atoms with E-state index in [1.807, 2.05) is 0 Å². The molecule has 1 saturated heterocycles. The van der Waals surface area contributed by atoms with Crippen LogP contribution in [-0.4, -0.2) is 44.0 Å². The lowest BCUT2D eigenvalue weighted by molar-refractivity contribution is 0.268. The molecule has 0 spiro atoms. The van der Waals surface area contributed by atoms with Gasteiger partial charge >= 0.3 is 0 Å². The molecule has 6 nitrogen and oxygen atoms in total. The monoisotopic (exact) mass is 335 g/mol. The molecule has 0 bridgehead atoms. The lowest BCUT2D eigenvalue weighted by atomic mass is 10.2. The van der Waals surface area contributed by atoms with Crippen molar-refractivity contribution >= 4 is 20.9 Å². The van der Waals surface area contributed by atoms with Crippen molar-refractivity contribution in [2.45, 2.75) is 30.7 Å². The van der Waals surface area contributed by atoms with Gasteiger partial charge in [0, 0.05) is 24.2 Å². The van der Waals surface area contributed by atoms with Crippen LogP contribution in [0.1, 0.15) is 19.8 Å². The SMILES string of the molecule is CCN1CCCC1CNS(=O)(=O)c1ccc2[nH]c(=O)ccc2c1. The van der Waals surface area contributed by atoms with Gasteiger partial charge in [-0.15, -0.1) is 0 Å². The molecule has 0 saturated carbocycles. The summed E-state index contributed by atoms with van der Waals surface area (Å²) >= 11 is 0. The van der Waals surface area contributed by atoms with E-state index in [1.54, 1.807) is 18.2 Å². The molecular weight excluding hydrogens is 314 g/mol. The van der Waals surface area contributed by atoms with Crippen LogP contribution in [0.15, 0.2) is 40.0 Å². The second-order valence-electron chi connectivity index (χ2n) is 5.85. The Labute approximate surface area is 135 Å². The van der Waals surface area contributed by atoms with Crippen LogP contribution in [0.3, 0.4) is 0 Å². The minimum Gasteiger partial charge on any atom is -0.322 e. The zero-order chi connectivity index (χ0) is 16.4. The summed E-state index contributed by atoms with van der Waals surface area (Å²) < 4.78 is 27.7. The van der Waals surface area contributed by atoms with Crippen molar-refractivity contribution in [1.82, 2.24) is 14.6 Å². The van der Waals surface area contributed by atoms with E-state index in [2.05, 4.69) is 21.5 Å². The number of hydrogen-bond donors (Lipinski definition) is 2. The standard InChI is InChI=1S/C16H21N3O3S/c1-2-19-9-3-4-13(19)11-17-23(21,22)14-6-7-15-12(10-14)5-8-16(20)18-15/h5-8,10,13,17H,2-4,9,11H2,1H3,(H,18,20). The molecule has 1 aromatic heterocycles. The number of likely N-dealkylation sites (N-methyl/N-ethyl adjacent to an activating group) is 1. The van der Waals surface area contributed by atoms with Crippen LogP contribution >= 0.6 is 0 Å². The van der Waals surface area contributed by atoms with E-state index in [0.29, 0.717) is 17.4 Å². The van der Waals surface area contributed by atoms with Crippen molar-refractivity contribution in [3.8, 4) is 0 Å². The van der Waals surface area contributed by atoms with Crippen LogP contribution in [0.25, 0.3) is 10.9 Å². The van der Waals surface area contributed by atoms with Gasteiger partial charge in [-0.2, -0.15) is 0 Å². The summed E-state index contributed by atoms with van der Waals surface area (Å²) in [7, 11) is -3.55. The zero-order valence-corrected chi connectivity index (χ0v) is 13.9. The Balaban J connectivity index is 1.79. The number of aromatic nitrogens is 1. The fourth-order valence-electron chi connectivity index (χ4n) is 3.13. The van der Waals surface area contributed by atoms with Crippen molar-refractivity contribution in [3.63, 3.8) is 0 Å². The number of likely N-dealkylation sites (tertiary alicyclic amines) is 1. The van der Waals surface area contributed by atoms with Gasteiger partial charge in [-0.25, -0.2) is 13.1 Å². The highest BCUT2D eigenvalue weighted by atomic mass is 32.2. The molecule has 3 rings (SSSR count). The lowest BCUT2D eigenvalue weighted by Crippen LogP contribution is -2.39. The summed E-state index contributed by atoms with van der Waals surface area (Å²) in [5.41, 5.74) is 0.427. The molecule has 1 unspecified atom stereocenters. The molecule has 23 heavy (non-hydrogen) atoms. The van der Waals surface area contributed by atoms with Crippen molar-refractivity contribution in [1.29, 1.82) is 0 Å². The second-order valence-corrected chi connectivity index (χ2v) is 7.62. The molecule has 1 aliphatic heterocycles. The van der Waals surface area contributed by atoms with Crippen LogP contribution < -0.4 is 10.3 Å². The van der Waals surface area contributed by atoms with E-state index in [9.17, 15) is 13.2 Å². The maximum atomic E-state index is 12.5. The Hall–Kier alpha value is -1.70. The van der Waals surface area contributed by atoms with Gasteiger partial charge < -0.3 is 4.98 Å². The normalized spacial score (nSPS) is 19.4. The molecule has 2 heterocycles. The minimum atomic E-state index is -3.55. The van der Waals surface area contributed by atoms with Crippen molar-refractivity contribution in [2.75, 3.05) is 19.6 Å². The van der Waals surface area contributed by atoms with E-state index in [4.69, 9.17) is 0 Å². The molecule has 7 heteroatoms. The fraction of sp³-hybridized carbons (Fsp3) is 0.438. The summed E-state index contributed by atoms with van der Waals surface area (Å²) in [6, 6.07) is 8.02. The summed E-state index contributed by atoms with van der Waals surface area (Å²) in [5.74, 6) is 0. The van der Waals surface area contributed by atoms with Crippen LogP contribution in [-0.2, 0) is 10.0 Å². The van der Waals surface area contributed by atoms with Gasteiger partial charge in [-0.3, -0.25) is 9.69 Å². The third kappa shape index (κ3) is 3.46. The summed E-state index contributed by atoms with van der Waals surface area (Å²) in [5, 5.41) is 0.698. The van der Waals surface area contributed by atoms with E-state index in [1.165, 1.54) is 12.1 Å². The van der Waals surface area contributed by atoms with Crippen LogP contribution in [0.4, 0.5) is 0 Å². The number of sulfonamides is 1. The number of nitrogens with one attached hydrogen (secondary N) is 2. The predicted octanol–water partition coefficient (Wildman–Crippen LogP) is 1.29. The summed E-state index contributed by atoms with van der Waals surface area (Å²) in [6.45, 7) is 4.50. The minimum absolute atomic E-state index is 0.202. The van der Waals surface area contributed by atoms with Gasteiger partial charge in [0.1, 0.15) is 0 Å². The Morgan fingerprint density at radius 3 is 2.91 bits per heavy atom. The summed E-state index contributed by atoms with van der Waals surface area (Å²) in [4.78, 5) is 16.5. The zero-order valence-electron chi connectivity index (χ0n) is 13.1. The van der Waals surface area contributed by atoms with Crippen molar-refractivity contribution in [3.05, 3.63) is 40.7 Å². The van der Waals surface area contributed by atoms with Crippen LogP contribution in [0.5, 0.6) is 0 Å². The number of nitrogens with zero attached hydrogens (tertiary/aromatic N) is 1. The Morgan fingerprint density at radius 2 is 2.13 bits per heavy atom. The van der Waals surface area contributed by atoms with Gasteiger partial charge in [0.25, 0.3) is 0 Å². The number of rotatable bonds is 5. The van der Waals surface area contributed by atoms with E-state index >= 15 is 0 Å². The van der Waals surface area contributed by atoms with Gasteiger partial charge in [-0.1, -0.05) is 6.92 Å². The van der Waals surface area contributed by atoms with Crippen LogP contribution in [0.2, 0.25) is 0 Å². The second kappa shape index (κ2) is 6.43. The number of fused-ring (bicyclic) bond motifs is 1. The maximum absolute atomic E-state index is 12.5.